The normalized spacial score (nSPS) is 11.9. The van der Waals surface area contributed by atoms with Crippen molar-refractivity contribution >= 4 is 12.0 Å². The van der Waals surface area contributed by atoms with Crippen LogP contribution in [0.4, 0.5) is 4.79 Å². The Hall–Kier alpha value is -1.26. The maximum atomic E-state index is 11.4. The summed E-state index contributed by atoms with van der Waals surface area (Å²) in [5, 5.41) is 11.1. The van der Waals surface area contributed by atoms with Crippen molar-refractivity contribution in [1.82, 2.24) is 10.2 Å². The molecule has 82 valence electrons. The number of aliphatic carboxylic acids is 1. The Kier molecular flexibility index (Phi) is 5.67. The van der Waals surface area contributed by atoms with Crippen LogP contribution in [0, 0.1) is 0 Å². The zero-order valence-electron chi connectivity index (χ0n) is 8.91. The molecule has 1 unspecified atom stereocenters. The van der Waals surface area contributed by atoms with Crippen molar-refractivity contribution in [2.24, 2.45) is 0 Å². The molecule has 0 aliphatic heterocycles. The summed E-state index contributed by atoms with van der Waals surface area (Å²) in [4.78, 5) is 23.4. The standard InChI is InChI=1S/C9H18N2O3/c1-4-11(5-2)9(14)10-7(3)6-8(12)13/h7H,4-6H2,1-3H3,(H,10,14)(H,12,13). The highest BCUT2D eigenvalue weighted by Gasteiger charge is 2.14. The van der Waals surface area contributed by atoms with Crippen LogP contribution in [-0.4, -0.2) is 41.1 Å². The average molecular weight is 202 g/mol. The third kappa shape index (κ3) is 4.69. The van der Waals surface area contributed by atoms with Crippen molar-refractivity contribution in [3.63, 3.8) is 0 Å². The number of hydrogen-bond donors (Lipinski definition) is 2. The van der Waals surface area contributed by atoms with Crippen LogP contribution in [0.15, 0.2) is 0 Å². The molecule has 0 radical (unpaired) electrons. The third-order valence-corrected chi connectivity index (χ3v) is 1.90. The molecule has 0 saturated carbocycles. The van der Waals surface area contributed by atoms with Crippen LogP contribution in [-0.2, 0) is 4.79 Å². The number of carboxylic acid groups (broad SMARTS) is 1. The monoisotopic (exact) mass is 202 g/mol. The molecule has 0 bridgehead atoms. The summed E-state index contributed by atoms with van der Waals surface area (Å²) in [6.07, 6.45) is -0.0486. The Morgan fingerprint density at radius 1 is 1.36 bits per heavy atom. The molecule has 0 fully saturated rings. The molecule has 0 aromatic rings. The van der Waals surface area contributed by atoms with E-state index in [1.807, 2.05) is 13.8 Å². The van der Waals surface area contributed by atoms with Crippen LogP contribution < -0.4 is 5.32 Å². The summed E-state index contributed by atoms with van der Waals surface area (Å²) in [6.45, 7) is 6.69. The highest BCUT2D eigenvalue weighted by molar-refractivity contribution is 5.75. The van der Waals surface area contributed by atoms with Gasteiger partial charge in [0, 0.05) is 19.1 Å². The van der Waals surface area contributed by atoms with Gasteiger partial charge in [-0.05, 0) is 20.8 Å². The van der Waals surface area contributed by atoms with Crippen LogP contribution in [0.1, 0.15) is 27.2 Å². The SMILES string of the molecule is CCN(CC)C(=O)NC(C)CC(=O)O. The van der Waals surface area contributed by atoms with E-state index in [0.29, 0.717) is 13.1 Å². The van der Waals surface area contributed by atoms with Gasteiger partial charge in [-0.3, -0.25) is 4.79 Å². The maximum Gasteiger partial charge on any atom is 0.317 e. The summed E-state index contributed by atoms with van der Waals surface area (Å²) in [7, 11) is 0. The number of urea groups is 1. The molecule has 2 N–H and O–H groups in total. The van der Waals surface area contributed by atoms with Gasteiger partial charge < -0.3 is 15.3 Å². The first kappa shape index (κ1) is 12.7. The first-order valence-electron chi connectivity index (χ1n) is 4.78. The van der Waals surface area contributed by atoms with Crippen molar-refractivity contribution in [3.05, 3.63) is 0 Å². The summed E-state index contributed by atoms with van der Waals surface area (Å²) >= 11 is 0. The number of carboxylic acids is 1. The van der Waals surface area contributed by atoms with Gasteiger partial charge in [0.05, 0.1) is 6.42 Å². The molecule has 0 aliphatic rings. The minimum absolute atomic E-state index is 0.0486. The summed E-state index contributed by atoms with van der Waals surface area (Å²) in [5.41, 5.74) is 0. The second kappa shape index (κ2) is 6.23. The lowest BCUT2D eigenvalue weighted by atomic mass is 10.2. The predicted molar refractivity (Wildman–Crippen MR) is 53.2 cm³/mol. The van der Waals surface area contributed by atoms with Crippen LogP contribution in [0.5, 0.6) is 0 Å². The van der Waals surface area contributed by atoms with E-state index >= 15 is 0 Å². The first-order chi connectivity index (χ1) is 6.51. The Morgan fingerprint density at radius 2 is 1.86 bits per heavy atom. The van der Waals surface area contributed by atoms with Crippen molar-refractivity contribution in [1.29, 1.82) is 0 Å². The molecule has 0 aromatic heterocycles. The zero-order chi connectivity index (χ0) is 11.1. The van der Waals surface area contributed by atoms with Gasteiger partial charge in [-0.2, -0.15) is 0 Å². The second-order valence-electron chi connectivity index (χ2n) is 3.12. The van der Waals surface area contributed by atoms with Crippen LogP contribution in [0.3, 0.4) is 0 Å². The quantitative estimate of drug-likeness (QED) is 0.696. The smallest absolute Gasteiger partial charge is 0.317 e. The molecule has 5 heteroatoms. The van der Waals surface area contributed by atoms with Crippen molar-refractivity contribution < 1.29 is 14.7 Å². The van der Waals surface area contributed by atoms with E-state index in [-0.39, 0.29) is 18.5 Å². The number of carbonyl (C=O) groups is 2. The topological polar surface area (TPSA) is 69.6 Å². The van der Waals surface area contributed by atoms with Gasteiger partial charge in [0.1, 0.15) is 0 Å². The molecular formula is C9H18N2O3. The van der Waals surface area contributed by atoms with E-state index in [0.717, 1.165) is 0 Å². The number of rotatable bonds is 5. The molecule has 14 heavy (non-hydrogen) atoms. The van der Waals surface area contributed by atoms with Crippen molar-refractivity contribution in [3.8, 4) is 0 Å². The fraction of sp³-hybridized carbons (Fsp3) is 0.778. The van der Waals surface area contributed by atoms with E-state index in [1.165, 1.54) is 0 Å². The minimum Gasteiger partial charge on any atom is -0.481 e. The molecule has 0 heterocycles. The highest BCUT2D eigenvalue weighted by Crippen LogP contribution is 1.94. The van der Waals surface area contributed by atoms with Gasteiger partial charge in [-0.1, -0.05) is 0 Å². The Bertz CT molecular complexity index is 202. The summed E-state index contributed by atoms with van der Waals surface area (Å²) in [5.74, 6) is -0.905. The predicted octanol–water partition coefficient (Wildman–Crippen LogP) is 0.901. The van der Waals surface area contributed by atoms with Crippen molar-refractivity contribution in [2.75, 3.05) is 13.1 Å². The number of nitrogens with zero attached hydrogens (tertiary/aromatic N) is 1. The fourth-order valence-corrected chi connectivity index (χ4v) is 1.13. The lowest BCUT2D eigenvalue weighted by molar-refractivity contribution is -0.137. The Balaban J connectivity index is 3.97. The van der Waals surface area contributed by atoms with E-state index in [1.54, 1.807) is 11.8 Å². The van der Waals surface area contributed by atoms with Gasteiger partial charge in [0.25, 0.3) is 0 Å². The fourth-order valence-electron chi connectivity index (χ4n) is 1.13. The van der Waals surface area contributed by atoms with E-state index in [9.17, 15) is 9.59 Å². The Morgan fingerprint density at radius 3 is 2.21 bits per heavy atom. The lowest BCUT2D eigenvalue weighted by Gasteiger charge is -2.21. The molecule has 0 aliphatic carbocycles. The molecule has 0 rings (SSSR count). The molecule has 0 spiro atoms. The number of hydrogen-bond acceptors (Lipinski definition) is 2. The van der Waals surface area contributed by atoms with E-state index < -0.39 is 5.97 Å². The van der Waals surface area contributed by atoms with Gasteiger partial charge in [0.2, 0.25) is 0 Å². The molecule has 2 amide bonds. The van der Waals surface area contributed by atoms with Gasteiger partial charge >= 0.3 is 12.0 Å². The van der Waals surface area contributed by atoms with Gasteiger partial charge in [-0.25, -0.2) is 4.79 Å². The lowest BCUT2D eigenvalue weighted by Crippen LogP contribution is -2.44. The summed E-state index contributed by atoms with van der Waals surface area (Å²) in [6, 6.07) is -0.538. The molecule has 5 nitrogen and oxygen atoms in total. The van der Waals surface area contributed by atoms with Crippen molar-refractivity contribution in [2.45, 2.75) is 33.2 Å². The molecule has 0 saturated heterocycles. The second-order valence-corrected chi connectivity index (χ2v) is 3.12. The van der Waals surface area contributed by atoms with E-state index in [4.69, 9.17) is 5.11 Å². The summed E-state index contributed by atoms with van der Waals surface area (Å²) < 4.78 is 0. The maximum absolute atomic E-state index is 11.4. The van der Waals surface area contributed by atoms with Crippen LogP contribution >= 0.6 is 0 Å². The number of nitrogens with one attached hydrogen (secondary N) is 1. The van der Waals surface area contributed by atoms with E-state index in [2.05, 4.69) is 5.32 Å². The number of carbonyl (C=O) groups excluding carboxylic acids is 1. The number of amides is 2. The highest BCUT2D eigenvalue weighted by atomic mass is 16.4. The molecular weight excluding hydrogens is 184 g/mol. The van der Waals surface area contributed by atoms with Crippen LogP contribution in [0.25, 0.3) is 0 Å². The van der Waals surface area contributed by atoms with Gasteiger partial charge in [-0.15, -0.1) is 0 Å². The molecule has 0 aromatic carbocycles. The Labute approximate surface area is 84.1 Å². The first-order valence-corrected chi connectivity index (χ1v) is 4.78. The average Bonchev–Trinajstić information content (AvgIpc) is 2.04. The largest absolute Gasteiger partial charge is 0.481 e. The van der Waals surface area contributed by atoms with Gasteiger partial charge in [0.15, 0.2) is 0 Å². The third-order valence-electron chi connectivity index (χ3n) is 1.90. The molecule has 1 atom stereocenters. The zero-order valence-corrected chi connectivity index (χ0v) is 8.91. The van der Waals surface area contributed by atoms with Crippen LogP contribution in [0.2, 0.25) is 0 Å². The minimum atomic E-state index is -0.905.